The Morgan fingerprint density at radius 2 is 2.21 bits per heavy atom. The molecule has 0 atom stereocenters. The van der Waals surface area contributed by atoms with Crippen LogP contribution in [0.5, 0.6) is 5.75 Å². The third-order valence-electron chi connectivity index (χ3n) is 2.55. The van der Waals surface area contributed by atoms with Crippen molar-refractivity contribution in [2.75, 3.05) is 13.7 Å². The highest BCUT2D eigenvalue weighted by Crippen LogP contribution is 2.24. The molecule has 0 aliphatic carbocycles. The van der Waals surface area contributed by atoms with Crippen molar-refractivity contribution < 1.29 is 4.74 Å². The number of fused-ring (bicyclic) bond motifs is 1. The predicted molar refractivity (Wildman–Crippen MR) is 60.3 cm³/mol. The summed E-state index contributed by atoms with van der Waals surface area (Å²) < 4.78 is 5.34. The van der Waals surface area contributed by atoms with E-state index < -0.39 is 0 Å². The Balaban J connectivity index is 0.000000980. The Kier molecular flexibility index (Phi) is 4.23. The van der Waals surface area contributed by atoms with Crippen LogP contribution in [0.1, 0.15) is 17.5 Å². The molecule has 0 saturated carbocycles. The molecule has 0 spiro atoms. The fourth-order valence-electron chi connectivity index (χ4n) is 1.86. The number of ether oxygens (including phenoxy) is 1. The first-order valence-corrected chi connectivity index (χ1v) is 4.77. The van der Waals surface area contributed by atoms with Crippen molar-refractivity contribution in [1.82, 2.24) is 5.32 Å². The lowest BCUT2D eigenvalue weighted by Crippen LogP contribution is -2.11. The molecule has 0 bridgehead atoms. The largest absolute Gasteiger partial charge is 0.496 e. The quantitative estimate of drug-likeness (QED) is 0.772. The Morgan fingerprint density at radius 1 is 1.36 bits per heavy atom. The summed E-state index contributed by atoms with van der Waals surface area (Å²) in [5.74, 6) is 1.04. The number of halogens is 1. The van der Waals surface area contributed by atoms with Crippen molar-refractivity contribution in [2.24, 2.45) is 0 Å². The van der Waals surface area contributed by atoms with Gasteiger partial charge in [0.25, 0.3) is 0 Å². The van der Waals surface area contributed by atoms with Gasteiger partial charge in [0.2, 0.25) is 0 Å². The second-order valence-electron chi connectivity index (χ2n) is 3.38. The molecule has 1 N–H and O–H groups in total. The maximum absolute atomic E-state index is 5.34. The Labute approximate surface area is 91.1 Å². The van der Waals surface area contributed by atoms with Gasteiger partial charge in [0, 0.05) is 6.54 Å². The average Bonchev–Trinajstić information content (AvgIpc) is 2.41. The Morgan fingerprint density at radius 3 is 3.00 bits per heavy atom. The second kappa shape index (κ2) is 5.23. The summed E-state index contributed by atoms with van der Waals surface area (Å²) in [5, 5.41) is 3.40. The zero-order chi connectivity index (χ0) is 9.10. The number of hydrogen-bond donors (Lipinski definition) is 1. The van der Waals surface area contributed by atoms with E-state index >= 15 is 0 Å². The third kappa shape index (κ3) is 2.20. The number of hydrogen-bond acceptors (Lipinski definition) is 2. The number of rotatable bonds is 1. The van der Waals surface area contributed by atoms with E-state index in [1.165, 1.54) is 17.5 Å². The SMILES string of the molecule is COc1cccc2c1CCCNC2.Cl. The molecule has 0 unspecified atom stereocenters. The molecule has 0 aromatic heterocycles. The molecule has 1 aliphatic rings. The van der Waals surface area contributed by atoms with Crippen LogP contribution in [0.4, 0.5) is 0 Å². The monoisotopic (exact) mass is 213 g/mol. The van der Waals surface area contributed by atoms with Gasteiger partial charge in [-0.25, -0.2) is 0 Å². The molecule has 3 heteroatoms. The van der Waals surface area contributed by atoms with Gasteiger partial charge in [0.05, 0.1) is 7.11 Å². The van der Waals surface area contributed by atoms with Crippen LogP contribution in [-0.4, -0.2) is 13.7 Å². The summed E-state index contributed by atoms with van der Waals surface area (Å²) in [7, 11) is 1.74. The van der Waals surface area contributed by atoms with Gasteiger partial charge in [0.1, 0.15) is 5.75 Å². The van der Waals surface area contributed by atoms with Crippen molar-refractivity contribution in [2.45, 2.75) is 19.4 Å². The molecule has 0 radical (unpaired) electrons. The van der Waals surface area contributed by atoms with Crippen LogP contribution < -0.4 is 10.1 Å². The zero-order valence-corrected chi connectivity index (χ0v) is 9.19. The predicted octanol–water partition coefficient (Wildman–Crippen LogP) is 2.15. The first kappa shape index (κ1) is 11.3. The van der Waals surface area contributed by atoms with Crippen molar-refractivity contribution >= 4 is 12.4 Å². The van der Waals surface area contributed by atoms with E-state index in [4.69, 9.17) is 4.74 Å². The van der Waals surface area contributed by atoms with Crippen molar-refractivity contribution in [3.8, 4) is 5.75 Å². The fourth-order valence-corrected chi connectivity index (χ4v) is 1.86. The summed E-state index contributed by atoms with van der Waals surface area (Å²) in [4.78, 5) is 0. The van der Waals surface area contributed by atoms with Gasteiger partial charge in [-0.2, -0.15) is 0 Å². The molecule has 1 aromatic carbocycles. The standard InChI is InChI=1S/C11H15NO.ClH/c1-13-11-6-2-4-9-8-12-7-3-5-10(9)11;/h2,4,6,12H,3,5,7-8H2,1H3;1H. The van der Waals surface area contributed by atoms with Crippen LogP contribution in [0, 0.1) is 0 Å². The van der Waals surface area contributed by atoms with E-state index in [-0.39, 0.29) is 12.4 Å². The van der Waals surface area contributed by atoms with E-state index in [2.05, 4.69) is 17.4 Å². The van der Waals surface area contributed by atoms with Gasteiger partial charge in [-0.1, -0.05) is 12.1 Å². The van der Waals surface area contributed by atoms with Crippen molar-refractivity contribution in [3.05, 3.63) is 29.3 Å². The summed E-state index contributed by atoms with van der Waals surface area (Å²) in [5.41, 5.74) is 2.77. The summed E-state index contributed by atoms with van der Waals surface area (Å²) in [6, 6.07) is 6.28. The average molecular weight is 214 g/mol. The summed E-state index contributed by atoms with van der Waals surface area (Å²) in [6.45, 7) is 2.09. The number of nitrogens with one attached hydrogen (secondary N) is 1. The fraction of sp³-hybridized carbons (Fsp3) is 0.455. The normalized spacial score (nSPS) is 14.9. The highest BCUT2D eigenvalue weighted by molar-refractivity contribution is 5.85. The summed E-state index contributed by atoms with van der Waals surface area (Å²) in [6.07, 6.45) is 2.33. The Bertz CT molecular complexity index is 301. The zero-order valence-electron chi connectivity index (χ0n) is 8.38. The van der Waals surface area contributed by atoms with E-state index in [1.807, 2.05) is 6.07 Å². The van der Waals surface area contributed by atoms with Crippen LogP contribution in [-0.2, 0) is 13.0 Å². The molecular weight excluding hydrogens is 198 g/mol. The van der Waals surface area contributed by atoms with Crippen LogP contribution >= 0.6 is 12.4 Å². The van der Waals surface area contributed by atoms with Gasteiger partial charge in [-0.15, -0.1) is 12.4 Å². The molecule has 0 fully saturated rings. The van der Waals surface area contributed by atoms with Gasteiger partial charge in [-0.05, 0) is 36.6 Å². The second-order valence-corrected chi connectivity index (χ2v) is 3.38. The first-order valence-electron chi connectivity index (χ1n) is 4.77. The lowest BCUT2D eigenvalue weighted by molar-refractivity contribution is 0.409. The molecule has 0 saturated heterocycles. The highest BCUT2D eigenvalue weighted by atomic mass is 35.5. The van der Waals surface area contributed by atoms with Gasteiger partial charge in [0.15, 0.2) is 0 Å². The van der Waals surface area contributed by atoms with Crippen LogP contribution in [0.25, 0.3) is 0 Å². The molecule has 1 aromatic rings. The van der Waals surface area contributed by atoms with Gasteiger partial charge >= 0.3 is 0 Å². The molecule has 1 aliphatic heterocycles. The van der Waals surface area contributed by atoms with Gasteiger partial charge in [-0.3, -0.25) is 0 Å². The maximum atomic E-state index is 5.34. The van der Waals surface area contributed by atoms with E-state index in [0.717, 1.165) is 25.3 Å². The van der Waals surface area contributed by atoms with Crippen molar-refractivity contribution in [3.63, 3.8) is 0 Å². The van der Waals surface area contributed by atoms with E-state index in [1.54, 1.807) is 7.11 Å². The number of methoxy groups -OCH3 is 1. The smallest absolute Gasteiger partial charge is 0.122 e. The minimum absolute atomic E-state index is 0. The van der Waals surface area contributed by atoms with E-state index in [0.29, 0.717) is 0 Å². The molecule has 14 heavy (non-hydrogen) atoms. The molecular formula is C11H16ClNO. The van der Waals surface area contributed by atoms with Gasteiger partial charge < -0.3 is 10.1 Å². The lowest BCUT2D eigenvalue weighted by Gasteiger charge is -2.10. The van der Waals surface area contributed by atoms with Crippen LogP contribution in [0.3, 0.4) is 0 Å². The highest BCUT2D eigenvalue weighted by Gasteiger charge is 2.10. The topological polar surface area (TPSA) is 21.3 Å². The molecule has 1 heterocycles. The van der Waals surface area contributed by atoms with Crippen LogP contribution in [0.15, 0.2) is 18.2 Å². The minimum Gasteiger partial charge on any atom is -0.496 e. The van der Waals surface area contributed by atoms with Crippen molar-refractivity contribution in [1.29, 1.82) is 0 Å². The molecule has 2 nitrogen and oxygen atoms in total. The molecule has 0 amide bonds. The molecule has 78 valence electrons. The summed E-state index contributed by atoms with van der Waals surface area (Å²) >= 11 is 0. The first-order chi connectivity index (χ1) is 6.42. The minimum atomic E-state index is 0. The van der Waals surface area contributed by atoms with Crippen LogP contribution in [0.2, 0.25) is 0 Å². The lowest BCUT2D eigenvalue weighted by atomic mass is 10.0. The molecule has 2 rings (SSSR count). The van der Waals surface area contributed by atoms with E-state index in [9.17, 15) is 0 Å². The Hall–Kier alpha value is -0.730. The number of benzene rings is 1. The third-order valence-corrected chi connectivity index (χ3v) is 2.55. The maximum Gasteiger partial charge on any atom is 0.122 e.